The van der Waals surface area contributed by atoms with Gasteiger partial charge in [-0.25, -0.2) is 9.37 Å². The van der Waals surface area contributed by atoms with E-state index in [1.165, 1.54) is 24.0 Å². The fourth-order valence-electron chi connectivity index (χ4n) is 3.87. The Morgan fingerprint density at radius 3 is 2.72 bits per heavy atom. The lowest BCUT2D eigenvalue weighted by Gasteiger charge is -2.21. The molecule has 1 fully saturated rings. The van der Waals surface area contributed by atoms with Gasteiger partial charge < -0.3 is 14.5 Å². The van der Waals surface area contributed by atoms with Crippen molar-refractivity contribution in [2.45, 2.75) is 45.5 Å². The van der Waals surface area contributed by atoms with Gasteiger partial charge in [0.15, 0.2) is 5.69 Å². The number of carbonyl (C=O) groups is 1. The van der Waals surface area contributed by atoms with Gasteiger partial charge in [-0.1, -0.05) is 42.0 Å². The number of hydrogen-bond acceptors (Lipinski definition) is 5. The minimum absolute atomic E-state index is 0.0749. The molecule has 6 nitrogen and oxygen atoms in total. The molecule has 1 atom stereocenters. The molecule has 1 saturated heterocycles. The maximum absolute atomic E-state index is 13.3. The van der Waals surface area contributed by atoms with E-state index in [2.05, 4.69) is 40.3 Å². The van der Waals surface area contributed by atoms with Gasteiger partial charge in [0.2, 0.25) is 5.89 Å². The number of benzene rings is 2. The lowest BCUT2D eigenvalue weighted by Crippen LogP contribution is -2.32. The van der Waals surface area contributed by atoms with Crippen LogP contribution < -0.4 is 5.32 Å². The summed E-state index contributed by atoms with van der Waals surface area (Å²) in [7, 11) is 0. The molecule has 3 aromatic rings. The zero-order valence-electron chi connectivity index (χ0n) is 18.2. The number of halogens is 1. The van der Waals surface area contributed by atoms with Gasteiger partial charge in [-0.2, -0.15) is 0 Å². The fraction of sp³-hybridized carbons (Fsp3) is 0.360. The van der Waals surface area contributed by atoms with E-state index in [0.717, 1.165) is 30.6 Å². The van der Waals surface area contributed by atoms with Gasteiger partial charge in [-0.05, 0) is 43.0 Å². The van der Waals surface area contributed by atoms with Gasteiger partial charge >= 0.3 is 0 Å². The molecule has 0 aliphatic carbocycles. The summed E-state index contributed by atoms with van der Waals surface area (Å²) in [5.74, 6) is -0.0633. The highest BCUT2D eigenvalue weighted by molar-refractivity contribution is 5.91. The first-order valence-electron chi connectivity index (χ1n) is 10.9. The number of amides is 1. The van der Waals surface area contributed by atoms with Crippen LogP contribution in [0.2, 0.25) is 0 Å². The topological polar surface area (TPSA) is 67.6 Å². The van der Waals surface area contributed by atoms with Crippen molar-refractivity contribution in [2.75, 3.05) is 13.2 Å². The second kappa shape index (κ2) is 10.5. The summed E-state index contributed by atoms with van der Waals surface area (Å²) >= 11 is 0. The number of aromatic nitrogens is 1. The van der Waals surface area contributed by atoms with Gasteiger partial charge in [0, 0.05) is 26.2 Å². The first-order valence-corrected chi connectivity index (χ1v) is 10.9. The van der Waals surface area contributed by atoms with Crippen LogP contribution in [0.1, 0.15) is 45.9 Å². The number of ether oxygens (including phenoxy) is 1. The maximum atomic E-state index is 13.3. The van der Waals surface area contributed by atoms with E-state index in [0.29, 0.717) is 32.1 Å². The van der Waals surface area contributed by atoms with E-state index in [-0.39, 0.29) is 23.5 Å². The predicted molar refractivity (Wildman–Crippen MR) is 118 cm³/mol. The van der Waals surface area contributed by atoms with Crippen LogP contribution in [-0.2, 0) is 24.4 Å². The number of nitrogens with one attached hydrogen (secondary N) is 1. The molecule has 2 heterocycles. The van der Waals surface area contributed by atoms with Crippen LogP contribution in [0.3, 0.4) is 0 Å². The van der Waals surface area contributed by atoms with Crippen molar-refractivity contribution in [3.05, 3.63) is 88.9 Å². The Morgan fingerprint density at radius 1 is 1.16 bits per heavy atom. The molecule has 1 N–H and O–H groups in total. The number of oxazole rings is 1. The fourth-order valence-corrected chi connectivity index (χ4v) is 3.87. The monoisotopic (exact) mass is 437 g/mol. The van der Waals surface area contributed by atoms with Crippen LogP contribution in [-0.4, -0.2) is 35.0 Å². The SMILES string of the molecule is Cc1cccc(CN(Cc2ccc(F)cc2)Cc2nc(C(=O)NCC3CCCO3)co2)c1. The molecule has 2 aromatic carbocycles. The summed E-state index contributed by atoms with van der Waals surface area (Å²) in [6.45, 7) is 4.97. The molecular weight excluding hydrogens is 409 g/mol. The van der Waals surface area contributed by atoms with Gasteiger partial charge in [0.1, 0.15) is 12.1 Å². The van der Waals surface area contributed by atoms with Crippen molar-refractivity contribution >= 4 is 5.91 Å². The van der Waals surface area contributed by atoms with Crippen LogP contribution in [0, 0.1) is 12.7 Å². The van der Waals surface area contributed by atoms with E-state index in [1.807, 2.05) is 6.07 Å². The third-order valence-electron chi connectivity index (χ3n) is 5.47. The van der Waals surface area contributed by atoms with E-state index in [1.54, 1.807) is 12.1 Å². The third kappa shape index (κ3) is 6.24. The highest BCUT2D eigenvalue weighted by Crippen LogP contribution is 2.16. The van der Waals surface area contributed by atoms with Crippen LogP contribution in [0.4, 0.5) is 4.39 Å². The molecule has 32 heavy (non-hydrogen) atoms. The van der Waals surface area contributed by atoms with Gasteiger partial charge in [-0.15, -0.1) is 0 Å². The molecule has 4 rings (SSSR count). The molecule has 1 amide bonds. The first kappa shape index (κ1) is 22.2. The van der Waals surface area contributed by atoms with E-state index in [9.17, 15) is 9.18 Å². The van der Waals surface area contributed by atoms with Crippen molar-refractivity contribution in [3.8, 4) is 0 Å². The van der Waals surface area contributed by atoms with Crippen LogP contribution in [0.15, 0.2) is 59.2 Å². The van der Waals surface area contributed by atoms with E-state index >= 15 is 0 Å². The van der Waals surface area contributed by atoms with E-state index < -0.39 is 0 Å². The summed E-state index contributed by atoms with van der Waals surface area (Å²) in [5.41, 5.74) is 3.59. The number of nitrogens with zero attached hydrogens (tertiary/aromatic N) is 2. The predicted octanol–water partition coefficient (Wildman–Crippen LogP) is 4.23. The van der Waals surface area contributed by atoms with Crippen molar-refractivity contribution in [2.24, 2.45) is 0 Å². The molecule has 7 heteroatoms. The normalized spacial score (nSPS) is 15.9. The standard InChI is InChI=1S/C25H28FN3O3/c1-18-4-2-5-20(12-18)15-29(14-19-7-9-21(26)10-8-19)16-24-28-23(17-32-24)25(30)27-13-22-6-3-11-31-22/h2,4-5,7-10,12,17,22H,3,6,11,13-16H2,1H3,(H,27,30). The highest BCUT2D eigenvalue weighted by atomic mass is 19.1. The lowest BCUT2D eigenvalue weighted by atomic mass is 10.1. The average Bonchev–Trinajstić information content (AvgIpc) is 3.46. The van der Waals surface area contributed by atoms with Crippen molar-refractivity contribution in [3.63, 3.8) is 0 Å². The molecule has 168 valence electrons. The zero-order valence-corrected chi connectivity index (χ0v) is 18.2. The lowest BCUT2D eigenvalue weighted by molar-refractivity contribution is 0.0853. The molecule has 0 radical (unpaired) electrons. The maximum Gasteiger partial charge on any atom is 0.273 e. The third-order valence-corrected chi connectivity index (χ3v) is 5.47. The smallest absolute Gasteiger partial charge is 0.273 e. The van der Waals surface area contributed by atoms with Crippen molar-refractivity contribution in [1.29, 1.82) is 0 Å². The quantitative estimate of drug-likeness (QED) is 0.543. The molecule has 0 saturated carbocycles. The van der Waals surface area contributed by atoms with Crippen LogP contribution in [0.25, 0.3) is 0 Å². The number of rotatable bonds is 9. The van der Waals surface area contributed by atoms with Crippen molar-refractivity contribution < 1.29 is 18.3 Å². The highest BCUT2D eigenvalue weighted by Gasteiger charge is 2.19. The van der Waals surface area contributed by atoms with Crippen molar-refractivity contribution in [1.82, 2.24) is 15.2 Å². The first-order chi connectivity index (χ1) is 15.5. The largest absolute Gasteiger partial charge is 0.447 e. The number of carbonyl (C=O) groups excluding carboxylic acids is 1. The molecule has 1 aromatic heterocycles. The number of aryl methyl sites for hydroxylation is 1. The Balaban J connectivity index is 1.42. The Bertz CT molecular complexity index is 1030. The van der Waals surface area contributed by atoms with Gasteiger partial charge in [-0.3, -0.25) is 9.69 Å². The Labute approximate surface area is 187 Å². The second-order valence-electron chi connectivity index (χ2n) is 8.23. The Hall–Kier alpha value is -3.03. The Morgan fingerprint density at radius 2 is 1.97 bits per heavy atom. The molecule has 0 bridgehead atoms. The van der Waals surface area contributed by atoms with Crippen LogP contribution >= 0.6 is 0 Å². The number of hydrogen-bond donors (Lipinski definition) is 1. The summed E-state index contributed by atoms with van der Waals surface area (Å²) in [6.07, 6.45) is 3.45. The minimum atomic E-state index is -0.265. The molecule has 1 unspecified atom stereocenters. The zero-order chi connectivity index (χ0) is 22.3. The average molecular weight is 438 g/mol. The summed E-state index contributed by atoms with van der Waals surface area (Å²) in [6, 6.07) is 14.8. The Kier molecular flexibility index (Phi) is 7.29. The van der Waals surface area contributed by atoms with Crippen LogP contribution in [0.5, 0.6) is 0 Å². The molecule has 0 spiro atoms. The molecular formula is C25H28FN3O3. The summed E-state index contributed by atoms with van der Waals surface area (Å²) in [4.78, 5) is 19.0. The minimum Gasteiger partial charge on any atom is -0.447 e. The van der Waals surface area contributed by atoms with Gasteiger partial charge in [0.05, 0.1) is 12.6 Å². The van der Waals surface area contributed by atoms with E-state index in [4.69, 9.17) is 9.15 Å². The summed E-state index contributed by atoms with van der Waals surface area (Å²) < 4.78 is 24.5. The van der Waals surface area contributed by atoms with Gasteiger partial charge in [0.25, 0.3) is 5.91 Å². The second-order valence-corrected chi connectivity index (χ2v) is 8.23. The molecule has 1 aliphatic heterocycles. The molecule has 1 aliphatic rings. The summed E-state index contributed by atoms with van der Waals surface area (Å²) in [5, 5.41) is 2.86.